The van der Waals surface area contributed by atoms with Crippen LogP contribution in [0.2, 0.25) is 5.02 Å². The van der Waals surface area contributed by atoms with Gasteiger partial charge in [0.25, 0.3) is 23.5 Å². The molecule has 1 N–H and O–H groups in total. The predicted octanol–water partition coefficient (Wildman–Crippen LogP) is 3.45. The molecule has 3 heterocycles. The quantitative estimate of drug-likeness (QED) is 0.483. The van der Waals surface area contributed by atoms with Crippen molar-refractivity contribution in [3.63, 3.8) is 0 Å². The summed E-state index contributed by atoms with van der Waals surface area (Å²) in [4.78, 5) is 47.5. The Morgan fingerprint density at radius 3 is 2.31 bits per heavy atom. The number of halogens is 1. The number of rotatable bonds is 3. The molecule has 0 spiro atoms. The van der Waals surface area contributed by atoms with Crippen LogP contribution in [-0.4, -0.2) is 37.3 Å². The van der Waals surface area contributed by atoms with E-state index in [0.29, 0.717) is 22.6 Å². The lowest BCUT2D eigenvalue weighted by Gasteiger charge is -2.16. The second kappa shape index (κ2) is 7.24. The van der Waals surface area contributed by atoms with Gasteiger partial charge in [0.05, 0.1) is 21.8 Å². The summed E-state index contributed by atoms with van der Waals surface area (Å²) in [6.07, 6.45) is 0. The molecule has 0 fully saturated rings. The van der Waals surface area contributed by atoms with Gasteiger partial charge in [-0.3, -0.25) is 14.4 Å². The molecule has 0 saturated heterocycles. The highest BCUT2D eigenvalue weighted by Crippen LogP contribution is 2.34. The zero-order valence-corrected chi connectivity index (χ0v) is 17.7. The average Bonchev–Trinajstić information content (AvgIpc) is 3.29. The third kappa shape index (κ3) is 3.10. The molecule has 158 valence electrons. The van der Waals surface area contributed by atoms with Crippen LogP contribution in [0.1, 0.15) is 42.7 Å². The molecule has 32 heavy (non-hydrogen) atoms. The van der Waals surface area contributed by atoms with Crippen molar-refractivity contribution in [2.24, 2.45) is 0 Å². The molecule has 5 rings (SSSR count). The van der Waals surface area contributed by atoms with Crippen LogP contribution in [0.15, 0.2) is 48.5 Å². The molecular formula is C22H15ClN6O3. The summed E-state index contributed by atoms with van der Waals surface area (Å²) in [5.41, 5.74) is 2.81. The zero-order valence-electron chi connectivity index (χ0n) is 17.0. The molecule has 2 aromatic heterocycles. The van der Waals surface area contributed by atoms with Gasteiger partial charge in [-0.15, -0.1) is 5.10 Å². The predicted molar refractivity (Wildman–Crippen MR) is 117 cm³/mol. The molecule has 0 saturated carbocycles. The number of hydrogen-bond acceptors (Lipinski definition) is 6. The molecule has 1 aliphatic rings. The van der Waals surface area contributed by atoms with Crippen LogP contribution in [0.4, 0.5) is 11.4 Å². The van der Waals surface area contributed by atoms with Crippen molar-refractivity contribution < 1.29 is 14.4 Å². The molecular weight excluding hydrogens is 432 g/mol. The lowest BCUT2D eigenvalue weighted by molar-refractivity contribution is 0.0924. The van der Waals surface area contributed by atoms with E-state index in [2.05, 4.69) is 20.4 Å². The van der Waals surface area contributed by atoms with Crippen molar-refractivity contribution in [2.75, 3.05) is 10.2 Å². The van der Waals surface area contributed by atoms with Gasteiger partial charge in [-0.25, -0.2) is 14.4 Å². The first-order valence-corrected chi connectivity index (χ1v) is 10.0. The summed E-state index contributed by atoms with van der Waals surface area (Å²) in [5, 5.41) is 7.00. The smallest absolute Gasteiger partial charge is 0.295 e. The molecule has 0 unspecified atom stereocenters. The summed E-state index contributed by atoms with van der Waals surface area (Å²) < 4.78 is 1.49. The van der Waals surface area contributed by atoms with E-state index < -0.39 is 17.7 Å². The number of carbonyl (C=O) groups is 3. The van der Waals surface area contributed by atoms with Gasteiger partial charge in [0, 0.05) is 17.1 Å². The summed E-state index contributed by atoms with van der Waals surface area (Å²) in [6, 6.07) is 12.9. The maximum Gasteiger partial charge on any atom is 0.295 e. The number of aryl methyl sites for hydroxylation is 2. The third-order valence-corrected chi connectivity index (χ3v) is 5.36. The van der Waals surface area contributed by atoms with Crippen molar-refractivity contribution >= 4 is 46.5 Å². The maximum atomic E-state index is 12.7. The van der Waals surface area contributed by atoms with E-state index in [1.165, 1.54) is 16.6 Å². The highest BCUT2D eigenvalue weighted by molar-refractivity contribution is 6.40. The van der Waals surface area contributed by atoms with Crippen LogP contribution in [-0.2, 0) is 0 Å². The number of imide groups is 1. The lowest BCUT2D eigenvalue weighted by atomic mass is 10.1. The number of aromatic nitrogens is 4. The Morgan fingerprint density at radius 2 is 1.66 bits per heavy atom. The van der Waals surface area contributed by atoms with Crippen molar-refractivity contribution in [2.45, 2.75) is 13.8 Å². The Bertz CT molecular complexity index is 1430. The van der Waals surface area contributed by atoms with Gasteiger partial charge in [-0.2, -0.15) is 4.98 Å². The summed E-state index contributed by atoms with van der Waals surface area (Å²) in [6.45, 7) is 3.68. The van der Waals surface area contributed by atoms with E-state index >= 15 is 0 Å². The summed E-state index contributed by atoms with van der Waals surface area (Å²) in [7, 11) is 0. The second-order valence-electron chi connectivity index (χ2n) is 7.30. The van der Waals surface area contributed by atoms with Crippen molar-refractivity contribution in [3.05, 3.63) is 81.9 Å². The average molecular weight is 447 g/mol. The fraction of sp³-hybridized carbons (Fsp3) is 0.0909. The first kappa shape index (κ1) is 19.8. The SMILES string of the molecule is Cc1cc(C)n2nc(C(=O)Nc3ccc(N4C(=O)c5ccccc5C4=O)c(Cl)c3)nc2n1. The van der Waals surface area contributed by atoms with Gasteiger partial charge in [0.15, 0.2) is 0 Å². The number of nitrogens with one attached hydrogen (secondary N) is 1. The van der Waals surface area contributed by atoms with E-state index in [0.717, 1.165) is 16.3 Å². The van der Waals surface area contributed by atoms with E-state index in [4.69, 9.17) is 11.6 Å². The van der Waals surface area contributed by atoms with E-state index in [-0.39, 0.29) is 16.5 Å². The lowest BCUT2D eigenvalue weighted by Crippen LogP contribution is -2.29. The number of hydrogen-bond donors (Lipinski definition) is 1. The number of amides is 3. The normalized spacial score (nSPS) is 13.0. The van der Waals surface area contributed by atoms with Gasteiger partial charge in [-0.1, -0.05) is 23.7 Å². The van der Waals surface area contributed by atoms with Gasteiger partial charge in [-0.05, 0) is 50.2 Å². The van der Waals surface area contributed by atoms with Crippen LogP contribution in [0.25, 0.3) is 5.78 Å². The fourth-order valence-corrected chi connectivity index (χ4v) is 3.89. The van der Waals surface area contributed by atoms with E-state index in [1.807, 2.05) is 19.9 Å². The number of nitrogens with zero attached hydrogens (tertiary/aromatic N) is 5. The van der Waals surface area contributed by atoms with Gasteiger partial charge >= 0.3 is 0 Å². The van der Waals surface area contributed by atoms with Crippen LogP contribution in [0, 0.1) is 13.8 Å². The molecule has 9 nitrogen and oxygen atoms in total. The molecule has 0 radical (unpaired) electrons. The Hall–Kier alpha value is -4.11. The minimum Gasteiger partial charge on any atom is -0.319 e. The Kier molecular flexibility index (Phi) is 4.49. The van der Waals surface area contributed by atoms with Crippen LogP contribution >= 0.6 is 11.6 Å². The first-order chi connectivity index (χ1) is 15.3. The van der Waals surface area contributed by atoms with E-state index in [9.17, 15) is 14.4 Å². The topological polar surface area (TPSA) is 110 Å². The molecule has 4 aromatic rings. The number of fused-ring (bicyclic) bond motifs is 2. The van der Waals surface area contributed by atoms with Crippen molar-refractivity contribution in [1.29, 1.82) is 0 Å². The minimum atomic E-state index is -0.544. The summed E-state index contributed by atoms with van der Waals surface area (Å²) >= 11 is 6.37. The molecule has 0 bridgehead atoms. The molecule has 1 aliphatic heterocycles. The van der Waals surface area contributed by atoms with Gasteiger partial charge in [0.2, 0.25) is 5.82 Å². The fourth-order valence-electron chi connectivity index (χ4n) is 3.62. The standard InChI is InChI=1S/C22H15ClN6O3/c1-11-9-12(2)29-22(24-11)26-18(27-29)19(30)25-13-7-8-17(16(23)10-13)28-20(31)14-5-3-4-6-15(14)21(28)32/h3-10H,1-2H3,(H,25,30). The first-order valence-electron chi connectivity index (χ1n) is 9.63. The molecule has 0 atom stereocenters. The van der Waals surface area contributed by atoms with Gasteiger partial charge in [0.1, 0.15) is 0 Å². The van der Waals surface area contributed by atoms with Crippen LogP contribution in [0.5, 0.6) is 0 Å². The minimum absolute atomic E-state index is 0.0493. The highest BCUT2D eigenvalue weighted by Gasteiger charge is 2.37. The monoisotopic (exact) mass is 446 g/mol. The number of carbonyl (C=O) groups excluding carboxylic acids is 3. The van der Waals surface area contributed by atoms with Crippen LogP contribution < -0.4 is 10.2 Å². The van der Waals surface area contributed by atoms with Crippen molar-refractivity contribution in [1.82, 2.24) is 19.6 Å². The Morgan fingerprint density at radius 1 is 0.969 bits per heavy atom. The summed E-state index contributed by atoms with van der Waals surface area (Å²) in [5.74, 6) is -1.16. The van der Waals surface area contributed by atoms with Gasteiger partial charge < -0.3 is 5.32 Å². The largest absolute Gasteiger partial charge is 0.319 e. The van der Waals surface area contributed by atoms with Crippen molar-refractivity contribution in [3.8, 4) is 0 Å². The Labute approximate surface area is 186 Å². The number of benzene rings is 2. The van der Waals surface area contributed by atoms with E-state index in [1.54, 1.807) is 30.3 Å². The molecule has 2 aromatic carbocycles. The molecule has 10 heteroatoms. The third-order valence-electron chi connectivity index (χ3n) is 5.06. The van der Waals surface area contributed by atoms with Crippen LogP contribution in [0.3, 0.4) is 0 Å². The number of anilines is 2. The zero-order chi connectivity index (χ0) is 22.6. The second-order valence-corrected chi connectivity index (χ2v) is 7.70. The Balaban J connectivity index is 1.41. The maximum absolute atomic E-state index is 12.7. The molecule has 0 aliphatic carbocycles. The molecule has 3 amide bonds. The highest BCUT2D eigenvalue weighted by atomic mass is 35.5.